The number of cyclic esters (lactones) is 1. The zero-order chi connectivity index (χ0) is 16.3. The van der Waals surface area contributed by atoms with Crippen molar-refractivity contribution in [3.63, 3.8) is 0 Å². The Labute approximate surface area is 146 Å². The fourth-order valence-electron chi connectivity index (χ4n) is 2.10. The Bertz CT molecular complexity index is 612. The molecule has 0 aliphatic carbocycles. The van der Waals surface area contributed by atoms with Crippen LogP contribution in [0.15, 0.2) is 18.2 Å². The average Bonchev–Trinajstić information content (AvgIpc) is 2.85. The van der Waals surface area contributed by atoms with Gasteiger partial charge in [-0.3, -0.25) is 4.90 Å². The maximum absolute atomic E-state index is 14.1. The lowest BCUT2D eigenvalue weighted by Gasteiger charge is -2.17. The summed E-state index contributed by atoms with van der Waals surface area (Å²) in [5, 5.41) is 2.95. The summed E-state index contributed by atoms with van der Waals surface area (Å²) >= 11 is 9.69. The van der Waals surface area contributed by atoms with Crippen molar-refractivity contribution in [1.29, 1.82) is 0 Å². The Morgan fingerprint density at radius 2 is 2.30 bits per heavy atom. The zero-order valence-electron chi connectivity index (χ0n) is 12.2. The first-order chi connectivity index (χ1) is 10.4. The highest BCUT2D eigenvalue weighted by Gasteiger charge is 2.32. The number of carbonyl (C=O) groups is 1. The number of amides is 1. The van der Waals surface area contributed by atoms with E-state index in [4.69, 9.17) is 29.2 Å². The lowest BCUT2D eigenvalue weighted by Crippen LogP contribution is -2.32. The summed E-state index contributed by atoms with van der Waals surface area (Å²) in [4.78, 5) is 15.4. The zero-order valence-corrected chi connectivity index (χ0v) is 13.8. The number of anilines is 2. The quantitative estimate of drug-likeness (QED) is 0.817. The van der Waals surface area contributed by atoms with Crippen LogP contribution in [0.25, 0.3) is 0 Å². The fraction of sp³-hybridized carbons (Fsp3) is 0.400. The van der Waals surface area contributed by atoms with E-state index < -0.39 is 11.9 Å². The molecule has 1 N–H and O–H groups in total. The van der Waals surface area contributed by atoms with Crippen LogP contribution < -0.4 is 15.1 Å². The van der Waals surface area contributed by atoms with Crippen LogP contribution in [-0.2, 0) is 4.74 Å². The Morgan fingerprint density at radius 1 is 1.61 bits per heavy atom. The van der Waals surface area contributed by atoms with Gasteiger partial charge in [-0.2, -0.15) is 0 Å². The highest BCUT2D eigenvalue weighted by atomic mass is 32.1. The largest absolute Gasteiger partial charge is 0.442 e. The van der Waals surface area contributed by atoms with Crippen LogP contribution in [0.3, 0.4) is 0 Å². The lowest BCUT2D eigenvalue weighted by atomic mass is 10.2. The molecule has 1 heterocycles. The van der Waals surface area contributed by atoms with Crippen LogP contribution in [0.2, 0.25) is 0 Å². The Balaban J connectivity index is 0.00000264. The van der Waals surface area contributed by atoms with Gasteiger partial charge < -0.3 is 15.0 Å². The van der Waals surface area contributed by atoms with Crippen molar-refractivity contribution in [2.24, 2.45) is 0 Å². The summed E-state index contributed by atoms with van der Waals surface area (Å²) < 4.78 is 19.3. The van der Waals surface area contributed by atoms with Gasteiger partial charge in [0, 0.05) is 7.05 Å². The first-order valence-corrected chi connectivity index (χ1v) is 7.50. The van der Waals surface area contributed by atoms with Gasteiger partial charge in [-0.1, -0.05) is 31.9 Å². The molecule has 1 aliphatic heterocycles. The smallest absolute Gasteiger partial charge is 0.414 e. The van der Waals surface area contributed by atoms with Crippen LogP contribution >= 0.6 is 24.4 Å². The number of ether oxygens (including phenoxy) is 1. The van der Waals surface area contributed by atoms with Crippen molar-refractivity contribution in [3.05, 3.63) is 24.0 Å². The van der Waals surface area contributed by atoms with Gasteiger partial charge in [0.25, 0.3) is 0 Å². The molecule has 2 rings (SSSR count). The molecule has 126 valence electrons. The molecular weight excluding hydrogens is 337 g/mol. The molecule has 0 spiro atoms. The summed E-state index contributed by atoms with van der Waals surface area (Å²) in [5.74, 6) is -0.454. The van der Waals surface area contributed by atoms with Crippen LogP contribution in [0.5, 0.6) is 0 Å². The summed E-state index contributed by atoms with van der Waals surface area (Å²) in [6.45, 7) is 2.53. The van der Waals surface area contributed by atoms with Gasteiger partial charge in [-0.15, -0.1) is 0 Å². The van der Waals surface area contributed by atoms with E-state index in [-0.39, 0.29) is 13.5 Å². The second-order valence-corrected chi connectivity index (χ2v) is 5.73. The maximum atomic E-state index is 14.1. The van der Waals surface area contributed by atoms with Gasteiger partial charge in [0.2, 0.25) is 0 Å². The van der Waals surface area contributed by atoms with E-state index in [9.17, 15) is 9.18 Å². The number of carbonyl (C=O) groups excluding carboxylic acids is 1. The molecule has 0 saturated carbocycles. The monoisotopic (exact) mass is 357 g/mol. The first-order valence-electron chi connectivity index (χ1n) is 6.62. The third kappa shape index (κ3) is 4.59. The highest BCUT2D eigenvalue weighted by molar-refractivity contribution is 7.80. The standard InChI is InChI=1S/C14H16FN3O2S2.CH4/c1-9(22)16-6-11-7-18(14(19)20-11)10-3-4-13(12(15)5-10)17(2)8-21;/h3-5,8,11H,6-7H2,1-2H3,(H,16,22);1H4. The fourth-order valence-corrected chi connectivity index (χ4v) is 2.30. The molecule has 8 heteroatoms. The van der Waals surface area contributed by atoms with Crippen molar-refractivity contribution in [1.82, 2.24) is 5.32 Å². The Morgan fingerprint density at radius 3 is 2.87 bits per heavy atom. The molecule has 1 saturated heterocycles. The molecule has 23 heavy (non-hydrogen) atoms. The minimum absolute atomic E-state index is 0. The molecule has 1 aromatic rings. The topological polar surface area (TPSA) is 44.8 Å². The molecule has 0 radical (unpaired) electrons. The number of nitrogens with zero attached hydrogens (tertiary/aromatic N) is 2. The van der Waals surface area contributed by atoms with E-state index in [0.29, 0.717) is 29.5 Å². The lowest BCUT2D eigenvalue weighted by molar-refractivity contribution is 0.143. The van der Waals surface area contributed by atoms with E-state index >= 15 is 0 Å². The van der Waals surface area contributed by atoms with Crippen molar-refractivity contribution >= 4 is 52.4 Å². The molecule has 1 fully saturated rings. The Kier molecular flexibility index (Phi) is 6.83. The number of thiocarbonyl (C=S) groups is 2. The minimum Gasteiger partial charge on any atom is -0.442 e. The van der Waals surface area contributed by atoms with Crippen LogP contribution in [0, 0.1) is 5.82 Å². The Hall–Kier alpha value is -1.80. The molecule has 0 aromatic heterocycles. The van der Waals surface area contributed by atoms with E-state index in [0.717, 1.165) is 0 Å². The van der Waals surface area contributed by atoms with E-state index in [1.165, 1.54) is 21.4 Å². The number of nitrogens with one attached hydrogen (secondary N) is 1. The predicted molar refractivity (Wildman–Crippen MR) is 99.1 cm³/mol. The van der Waals surface area contributed by atoms with Crippen molar-refractivity contribution in [2.75, 3.05) is 29.9 Å². The molecule has 1 amide bonds. The van der Waals surface area contributed by atoms with Crippen LogP contribution in [0.4, 0.5) is 20.6 Å². The molecule has 5 nitrogen and oxygen atoms in total. The van der Waals surface area contributed by atoms with Gasteiger partial charge in [0.1, 0.15) is 11.9 Å². The first kappa shape index (κ1) is 19.2. The summed E-state index contributed by atoms with van der Waals surface area (Å²) in [6.07, 6.45) is -0.819. The van der Waals surface area contributed by atoms with Gasteiger partial charge in [0.15, 0.2) is 0 Å². The second kappa shape index (κ2) is 8.16. The summed E-state index contributed by atoms with van der Waals surface area (Å²) in [6, 6.07) is 4.54. The number of halogens is 1. The molecule has 1 aliphatic rings. The van der Waals surface area contributed by atoms with Gasteiger partial charge in [0.05, 0.1) is 34.9 Å². The van der Waals surface area contributed by atoms with Crippen LogP contribution in [-0.4, -0.2) is 42.8 Å². The van der Waals surface area contributed by atoms with Gasteiger partial charge in [-0.25, -0.2) is 9.18 Å². The third-order valence-corrected chi connectivity index (χ3v) is 3.69. The number of hydrogen-bond donors (Lipinski definition) is 1. The molecule has 1 atom stereocenters. The van der Waals surface area contributed by atoms with E-state index in [1.54, 1.807) is 26.1 Å². The number of hydrogen-bond acceptors (Lipinski definition) is 4. The average molecular weight is 357 g/mol. The van der Waals surface area contributed by atoms with E-state index in [1.807, 2.05) is 0 Å². The molecule has 1 unspecified atom stereocenters. The van der Waals surface area contributed by atoms with Gasteiger partial charge >= 0.3 is 6.09 Å². The minimum atomic E-state index is -0.496. The second-order valence-electron chi connectivity index (χ2n) is 4.91. The highest BCUT2D eigenvalue weighted by Crippen LogP contribution is 2.27. The number of benzene rings is 1. The predicted octanol–water partition coefficient (Wildman–Crippen LogP) is 3.12. The van der Waals surface area contributed by atoms with Gasteiger partial charge in [-0.05, 0) is 25.1 Å². The third-order valence-electron chi connectivity index (χ3n) is 3.23. The SMILES string of the molecule is C.CC(=S)NCC1CN(c2ccc(N(C)C=S)c(F)c2)C(=O)O1. The molecule has 1 aromatic carbocycles. The van der Waals surface area contributed by atoms with E-state index in [2.05, 4.69) is 5.32 Å². The van der Waals surface area contributed by atoms with Crippen molar-refractivity contribution < 1.29 is 13.9 Å². The van der Waals surface area contributed by atoms with Crippen molar-refractivity contribution in [3.8, 4) is 0 Å². The summed E-state index contributed by atoms with van der Waals surface area (Å²) in [5.41, 5.74) is 2.14. The normalized spacial score (nSPS) is 16.4. The number of rotatable bonds is 5. The van der Waals surface area contributed by atoms with Crippen molar-refractivity contribution in [2.45, 2.75) is 20.5 Å². The maximum Gasteiger partial charge on any atom is 0.414 e. The van der Waals surface area contributed by atoms with Crippen LogP contribution in [0.1, 0.15) is 14.4 Å². The molecular formula is C15H20FN3O2S2. The molecule has 0 bridgehead atoms. The summed E-state index contributed by atoms with van der Waals surface area (Å²) in [7, 11) is 1.66.